The molecule has 0 radical (unpaired) electrons. The number of hydrogen-bond acceptors (Lipinski definition) is 2. The van der Waals surface area contributed by atoms with Gasteiger partial charge in [-0.05, 0) is 52.7 Å². The summed E-state index contributed by atoms with van der Waals surface area (Å²) in [6.07, 6.45) is 0. The molecule has 0 aliphatic carbocycles. The van der Waals surface area contributed by atoms with E-state index in [1.165, 1.54) is 20.1 Å². The molecule has 0 bridgehead atoms. The van der Waals surface area contributed by atoms with E-state index < -0.39 is 17.5 Å². The molecule has 0 unspecified atom stereocenters. The highest BCUT2D eigenvalue weighted by Gasteiger charge is 2.15. The van der Waals surface area contributed by atoms with E-state index in [9.17, 15) is 13.6 Å². The van der Waals surface area contributed by atoms with Crippen molar-refractivity contribution in [1.82, 2.24) is 0 Å². The highest BCUT2D eigenvalue weighted by Crippen LogP contribution is 2.25. The second-order valence-electron chi connectivity index (χ2n) is 4.38. The number of carbonyl (C=O) groups excluding carboxylic acids is 1. The van der Waals surface area contributed by atoms with E-state index in [0.29, 0.717) is 10.2 Å². The Kier molecular flexibility index (Phi) is 4.57. The van der Waals surface area contributed by atoms with Gasteiger partial charge in [-0.15, -0.1) is 0 Å². The number of amides is 1. The second-order valence-corrected chi connectivity index (χ2v) is 5.24. The van der Waals surface area contributed by atoms with E-state index in [4.69, 9.17) is 4.74 Å². The largest absolute Gasteiger partial charge is 0.497 e. The summed E-state index contributed by atoms with van der Waals surface area (Å²) < 4.78 is 32.8. The van der Waals surface area contributed by atoms with E-state index in [2.05, 4.69) is 21.2 Å². The van der Waals surface area contributed by atoms with Gasteiger partial charge in [0.05, 0.1) is 18.4 Å². The van der Waals surface area contributed by atoms with Gasteiger partial charge in [0.25, 0.3) is 5.91 Å². The summed E-state index contributed by atoms with van der Waals surface area (Å²) >= 11 is 3.23. The van der Waals surface area contributed by atoms with Gasteiger partial charge in [0.1, 0.15) is 17.4 Å². The Hall–Kier alpha value is -1.95. The molecule has 2 rings (SSSR count). The van der Waals surface area contributed by atoms with Crippen LogP contribution in [0.1, 0.15) is 15.9 Å². The third-order valence-electron chi connectivity index (χ3n) is 2.91. The van der Waals surface area contributed by atoms with Gasteiger partial charge >= 0.3 is 0 Å². The minimum Gasteiger partial charge on any atom is -0.497 e. The molecule has 3 nitrogen and oxygen atoms in total. The maximum Gasteiger partial charge on any atom is 0.257 e. The molecule has 21 heavy (non-hydrogen) atoms. The quantitative estimate of drug-likeness (QED) is 0.891. The first kappa shape index (κ1) is 15.4. The third kappa shape index (κ3) is 3.39. The topological polar surface area (TPSA) is 38.3 Å². The van der Waals surface area contributed by atoms with Crippen LogP contribution in [0.2, 0.25) is 0 Å². The number of anilines is 1. The lowest BCUT2D eigenvalue weighted by Gasteiger charge is -2.10. The summed E-state index contributed by atoms with van der Waals surface area (Å²) in [4.78, 5) is 12.2. The van der Waals surface area contributed by atoms with E-state index in [1.54, 1.807) is 12.1 Å². The Morgan fingerprint density at radius 1 is 1.19 bits per heavy atom. The Bertz CT molecular complexity index is 704. The molecule has 6 heteroatoms. The summed E-state index contributed by atoms with van der Waals surface area (Å²) in [6.45, 7) is 1.45. The predicted molar refractivity (Wildman–Crippen MR) is 79.7 cm³/mol. The number of nitrogens with one attached hydrogen (secondary N) is 1. The molecule has 0 fully saturated rings. The van der Waals surface area contributed by atoms with Crippen LogP contribution >= 0.6 is 15.9 Å². The lowest BCUT2D eigenvalue weighted by molar-refractivity contribution is 0.102. The maximum atomic E-state index is 13.7. The highest BCUT2D eigenvalue weighted by atomic mass is 79.9. The lowest BCUT2D eigenvalue weighted by atomic mass is 10.1. The van der Waals surface area contributed by atoms with Crippen molar-refractivity contribution in [2.45, 2.75) is 6.92 Å². The number of carbonyl (C=O) groups is 1. The zero-order valence-corrected chi connectivity index (χ0v) is 12.9. The summed E-state index contributed by atoms with van der Waals surface area (Å²) in [7, 11) is 1.47. The second kappa shape index (κ2) is 6.22. The van der Waals surface area contributed by atoms with Gasteiger partial charge < -0.3 is 10.1 Å². The van der Waals surface area contributed by atoms with Crippen molar-refractivity contribution in [3.63, 3.8) is 0 Å². The number of benzene rings is 2. The predicted octanol–water partition coefficient (Wildman–Crippen LogP) is 4.30. The molecule has 0 spiro atoms. The van der Waals surface area contributed by atoms with Gasteiger partial charge in [0, 0.05) is 10.5 Å². The molecule has 0 saturated carbocycles. The van der Waals surface area contributed by atoms with Crippen LogP contribution < -0.4 is 10.1 Å². The van der Waals surface area contributed by atoms with E-state index in [1.807, 2.05) is 0 Å². The number of rotatable bonds is 3. The van der Waals surface area contributed by atoms with Gasteiger partial charge in [-0.25, -0.2) is 8.78 Å². The minimum atomic E-state index is -0.693. The van der Waals surface area contributed by atoms with Crippen molar-refractivity contribution < 1.29 is 18.3 Å². The highest BCUT2D eigenvalue weighted by molar-refractivity contribution is 9.10. The summed E-state index contributed by atoms with van der Waals surface area (Å²) in [6, 6.07) is 6.80. The molecule has 0 heterocycles. The molecule has 0 aliphatic rings. The van der Waals surface area contributed by atoms with Gasteiger partial charge in [-0.2, -0.15) is 0 Å². The molecular weight excluding hydrogens is 344 g/mol. The smallest absolute Gasteiger partial charge is 0.257 e. The summed E-state index contributed by atoms with van der Waals surface area (Å²) in [5.74, 6) is -1.36. The third-order valence-corrected chi connectivity index (χ3v) is 3.61. The number of hydrogen-bond donors (Lipinski definition) is 1. The molecule has 110 valence electrons. The molecule has 1 N–H and O–H groups in total. The monoisotopic (exact) mass is 355 g/mol. The van der Waals surface area contributed by atoms with Crippen molar-refractivity contribution in [3.05, 3.63) is 57.6 Å². The number of halogens is 3. The van der Waals surface area contributed by atoms with Crippen LogP contribution in [0.5, 0.6) is 5.75 Å². The summed E-state index contributed by atoms with van der Waals surface area (Å²) in [5.41, 5.74) is 0.223. The van der Waals surface area contributed by atoms with Crippen LogP contribution in [-0.2, 0) is 0 Å². The van der Waals surface area contributed by atoms with Crippen LogP contribution in [0.4, 0.5) is 14.5 Å². The van der Waals surface area contributed by atoms with Crippen LogP contribution in [-0.4, -0.2) is 13.0 Å². The standard InChI is InChI=1S/C15H12BrF2NO2/c1-8-5-13(18)14(7-12(8)17)19-15(20)10-6-9(21-2)3-4-11(10)16/h3-7H,1-2H3,(H,19,20). The van der Waals surface area contributed by atoms with Crippen LogP contribution in [0.25, 0.3) is 0 Å². The Morgan fingerprint density at radius 2 is 1.90 bits per heavy atom. The van der Waals surface area contributed by atoms with Gasteiger partial charge in [0.15, 0.2) is 0 Å². The van der Waals surface area contributed by atoms with E-state index >= 15 is 0 Å². The average Bonchev–Trinajstić information content (AvgIpc) is 2.45. The first-order chi connectivity index (χ1) is 9.92. The van der Waals surface area contributed by atoms with E-state index in [0.717, 1.165) is 12.1 Å². The normalized spacial score (nSPS) is 10.3. The molecule has 0 aliphatic heterocycles. The zero-order chi connectivity index (χ0) is 15.6. The van der Waals surface area contributed by atoms with Crippen molar-refractivity contribution in [2.75, 3.05) is 12.4 Å². The zero-order valence-electron chi connectivity index (χ0n) is 11.3. The van der Waals surface area contributed by atoms with Crippen molar-refractivity contribution in [3.8, 4) is 5.75 Å². The molecule has 2 aromatic carbocycles. The van der Waals surface area contributed by atoms with Crippen LogP contribution in [0.15, 0.2) is 34.8 Å². The fourth-order valence-electron chi connectivity index (χ4n) is 1.74. The molecule has 0 atom stereocenters. The number of methoxy groups -OCH3 is 1. The first-order valence-electron chi connectivity index (χ1n) is 6.03. The maximum absolute atomic E-state index is 13.7. The minimum absolute atomic E-state index is 0.174. The fourth-order valence-corrected chi connectivity index (χ4v) is 2.16. The van der Waals surface area contributed by atoms with Crippen LogP contribution in [0.3, 0.4) is 0 Å². The van der Waals surface area contributed by atoms with Gasteiger partial charge in [-0.3, -0.25) is 4.79 Å². The molecule has 2 aromatic rings. The van der Waals surface area contributed by atoms with Gasteiger partial charge in [0.2, 0.25) is 0 Å². The fraction of sp³-hybridized carbons (Fsp3) is 0.133. The lowest BCUT2D eigenvalue weighted by Crippen LogP contribution is -2.14. The van der Waals surface area contributed by atoms with Crippen molar-refractivity contribution in [1.29, 1.82) is 0 Å². The molecule has 0 aromatic heterocycles. The Labute approximate surface area is 129 Å². The number of ether oxygens (including phenoxy) is 1. The SMILES string of the molecule is COc1ccc(Br)c(C(=O)Nc2cc(F)c(C)cc2F)c1. The molecule has 1 amide bonds. The molecule has 0 saturated heterocycles. The Balaban J connectivity index is 2.32. The molecular formula is C15H12BrF2NO2. The van der Waals surface area contributed by atoms with E-state index in [-0.39, 0.29) is 16.8 Å². The van der Waals surface area contributed by atoms with Crippen molar-refractivity contribution in [2.24, 2.45) is 0 Å². The first-order valence-corrected chi connectivity index (χ1v) is 6.82. The summed E-state index contributed by atoms with van der Waals surface area (Å²) in [5, 5.41) is 2.35. The van der Waals surface area contributed by atoms with Crippen molar-refractivity contribution >= 4 is 27.5 Å². The average molecular weight is 356 g/mol. The Morgan fingerprint density at radius 3 is 2.57 bits per heavy atom. The number of aryl methyl sites for hydroxylation is 1. The van der Waals surface area contributed by atoms with Crippen LogP contribution in [0, 0.1) is 18.6 Å². The van der Waals surface area contributed by atoms with Gasteiger partial charge in [-0.1, -0.05) is 0 Å².